The molecule has 0 fully saturated rings. The van der Waals surface area contributed by atoms with Gasteiger partial charge in [-0.1, -0.05) is 60.7 Å². The van der Waals surface area contributed by atoms with Gasteiger partial charge in [-0.2, -0.15) is 4.89 Å². The summed E-state index contributed by atoms with van der Waals surface area (Å²) in [5.41, 5.74) is 6.17. The first-order valence-electron chi connectivity index (χ1n) is 6.55. The smallest absolute Gasteiger partial charge is 0.436 e. The Bertz CT molecular complexity index is 615. The van der Waals surface area contributed by atoms with Gasteiger partial charge >= 0.3 is 12.1 Å². The van der Waals surface area contributed by atoms with Crippen LogP contribution in [0.1, 0.15) is 17.2 Å². The highest BCUT2D eigenvalue weighted by atomic mass is 17.2. The number of hydrogen-bond donors (Lipinski definition) is 1. The fraction of sp³-hybridized carbons (Fsp3) is 0.125. The van der Waals surface area contributed by atoms with Crippen LogP contribution in [0.3, 0.4) is 0 Å². The van der Waals surface area contributed by atoms with Crippen molar-refractivity contribution in [2.24, 2.45) is 5.73 Å². The van der Waals surface area contributed by atoms with E-state index in [1.807, 2.05) is 30.3 Å². The second-order valence-electron chi connectivity index (χ2n) is 4.38. The van der Waals surface area contributed by atoms with Gasteiger partial charge in [0.05, 0.1) is 0 Å². The first kappa shape index (κ1) is 15.5. The van der Waals surface area contributed by atoms with Crippen LogP contribution in [0, 0.1) is 0 Å². The number of carbonyl (C=O) groups is 2. The quantitative estimate of drug-likeness (QED) is 0.503. The molecule has 0 bridgehead atoms. The molecule has 114 valence electrons. The summed E-state index contributed by atoms with van der Waals surface area (Å²) >= 11 is 0. The lowest BCUT2D eigenvalue weighted by atomic mass is 10.1. The molecule has 0 spiro atoms. The maximum atomic E-state index is 12.2. The number of amides is 1. The molecular formula is C16H15NO5. The lowest BCUT2D eigenvalue weighted by molar-refractivity contribution is -0.274. The summed E-state index contributed by atoms with van der Waals surface area (Å²) in [5.74, 6) is -0.684. The number of nitrogens with two attached hydrogens (primary N) is 1. The maximum absolute atomic E-state index is 12.2. The summed E-state index contributed by atoms with van der Waals surface area (Å²) in [6, 6.07) is 17.7. The Hall–Kier alpha value is -2.86. The van der Waals surface area contributed by atoms with Gasteiger partial charge < -0.3 is 10.5 Å². The Balaban J connectivity index is 2.04. The number of esters is 1. The van der Waals surface area contributed by atoms with E-state index in [2.05, 4.69) is 4.89 Å². The van der Waals surface area contributed by atoms with Gasteiger partial charge in [0.25, 0.3) is 0 Å². The molecule has 0 saturated heterocycles. The minimum absolute atomic E-state index is 0.0862. The van der Waals surface area contributed by atoms with Crippen molar-refractivity contribution in [3.8, 4) is 0 Å². The first-order chi connectivity index (χ1) is 10.7. The third kappa shape index (κ3) is 4.60. The molecule has 2 aromatic rings. The van der Waals surface area contributed by atoms with Gasteiger partial charge in [0.1, 0.15) is 6.61 Å². The van der Waals surface area contributed by atoms with Crippen molar-refractivity contribution in [2.45, 2.75) is 12.7 Å². The SMILES string of the molecule is NC(=O)OOC(C(=O)OCc1ccccc1)c1ccccc1. The van der Waals surface area contributed by atoms with E-state index < -0.39 is 18.2 Å². The Labute approximate surface area is 127 Å². The summed E-state index contributed by atoms with van der Waals surface area (Å²) in [6.45, 7) is 0.0862. The highest BCUT2D eigenvalue weighted by Gasteiger charge is 2.25. The average Bonchev–Trinajstić information content (AvgIpc) is 2.55. The second kappa shape index (κ2) is 7.80. The molecule has 1 unspecified atom stereocenters. The number of hydrogen-bond acceptors (Lipinski definition) is 5. The van der Waals surface area contributed by atoms with Crippen LogP contribution in [0.5, 0.6) is 0 Å². The molecule has 0 radical (unpaired) electrons. The Morgan fingerprint density at radius 3 is 2.14 bits per heavy atom. The van der Waals surface area contributed by atoms with Crippen molar-refractivity contribution in [2.75, 3.05) is 0 Å². The minimum Gasteiger partial charge on any atom is -0.459 e. The van der Waals surface area contributed by atoms with Crippen LogP contribution in [0.2, 0.25) is 0 Å². The number of primary amides is 1. The van der Waals surface area contributed by atoms with Crippen LogP contribution in [-0.2, 0) is 25.9 Å². The molecule has 0 aromatic heterocycles. The monoisotopic (exact) mass is 301 g/mol. The Morgan fingerprint density at radius 2 is 1.55 bits per heavy atom. The zero-order valence-corrected chi connectivity index (χ0v) is 11.7. The van der Waals surface area contributed by atoms with E-state index in [9.17, 15) is 9.59 Å². The predicted octanol–water partition coefficient (Wildman–Crippen LogP) is 2.50. The zero-order valence-electron chi connectivity index (χ0n) is 11.7. The van der Waals surface area contributed by atoms with Gasteiger partial charge in [0.2, 0.25) is 6.10 Å². The normalized spacial score (nSPS) is 11.5. The molecule has 2 N–H and O–H groups in total. The molecule has 0 heterocycles. The summed E-state index contributed by atoms with van der Waals surface area (Å²) in [6.07, 6.45) is -2.34. The van der Waals surface area contributed by atoms with Gasteiger partial charge in [0, 0.05) is 0 Å². The maximum Gasteiger partial charge on any atom is 0.436 e. The summed E-state index contributed by atoms with van der Waals surface area (Å²) in [5, 5.41) is 0. The fourth-order valence-electron chi connectivity index (χ4n) is 1.76. The van der Waals surface area contributed by atoms with Crippen LogP contribution in [-0.4, -0.2) is 12.1 Å². The first-order valence-corrected chi connectivity index (χ1v) is 6.55. The lowest BCUT2D eigenvalue weighted by Gasteiger charge is -2.15. The zero-order chi connectivity index (χ0) is 15.8. The van der Waals surface area contributed by atoms with E-state index in [0.29, 0.717) is 5.56 Å². The van der Waals surface area contributed by atoms with Gasteiger partial charge in [-0.15, -0.1) is 0 Å². The number of ether oxygens (including phenoxy) is 1. The van der Waals surface area contributed by atoms with Crippen molar-refractivity contribution in [1.29, 1.82) is 0 Å². The van der Waals surface area contributed by atoms with Crippen LogP contribution in [0.25, 0.3) is 0 Å². The predicted molar refractivity (Wildman–Crippen MR) is 77.2 cm³/mol. The van der Waals surface area contributed by atoms with Gasteiger partial charge in [-0.05, 0) is 11.1 Å². The van der Waals surface area contributed by atoms with E-state index in [4.69, 9.17) is 15.4 Å². The molecule has 2 aromatic carbocycles. The molecule has 0 aliphatic rings. The topological polar surface area (TPSA) is 87.9 Å². The van der Waals surface area contributed by atoms with E-state index in [1.54, 1.807) is 30.3 Å². The van der Waals surface area contributed by atoms with Crippen LogP contribution in [0.4, 0.5) is 4.79 Å². The highest BCUT2D eigenvalue weighted by molar-refractivity contribution is 5.76. The summed E-state index contributed by atoms with van der Waals surface area (Å²) < 4.78 is 5.18. The third-order valence-electron chi connectivity index (χ3n) is 2.77. The van der Waals surface area contributed by atoms with E-state index in [1.165, 1.54) is 0 Å². The van der Waals surface area contributed by atoms with E-state index >= 15 is 0 Å². The van der Waals surface area contributed by atoms with Crippen molar-refractivity contribution in [3.63, 3.8) is 0 Å². The van der Waals surface area contributed by atoms with Crippen molar-refractivity contribution < 1.29 is 24.1 Å². The lowest BCUT2D eigenvalue weighted by Crippen LogP contribution is -2.22. The van der Waals surface area contributed by atoms with E-state index in [-0.39, 0.29) is 6.61 Å². The standard InChI is InChI=1S/C16H15NO5/c17-16(19)22-21-14(13-9-5-2-6-10-13)15(18)20-11-12-7-3-1-4-8-12/h1-10,14H,11H2,(H2,17,19). The van der Waals surface area contributed by atoms with Crippen LogP contribution >= 0.6 is 0 Å². The molecular weight excluding hydrogens is 286 g/mol. The Morgan fingerprint density at radius 1 is 0.955 bits per heavy atom. The summed E-state index contributed by atoms with van der Waals surface area (Å²) in [4.78, 5) is 31.9. The fourth-order valence-corrected chi connectivity index (χ4v) is 1.76. The molecule has 6 nitrogen and oxygen atoms in total. The van der Waals surface area contributed by atoms with Crippen molar-refractivity contribution in [1.82, 2.24) is 0 Å². The number of benzene rings is 2. The average molecular weight is 301 g/mol. The number of carbonyl (C=O) groups excluding carboxylic acids is 2. The highest BCUT2D eigenvalue weighted by Crippen LogP contribution is 2.20. The van der Waals surface area contributed by atoms with Crippen LogP contribution in [0.15, 0.2) is 60.7 Å². The Kier molecular flexibility index (Phi) is 5.50. The third-order valence-corrected chi connectivity index (χ3v) is 2.77. The largest absolute Gasteiger partial charge is 0.459 e. The molecule has 22 heavy (non-hydrogen) atoms. The molecule has 6 heteroatoms. The molecule has 2 rings (SSSR count). The van der Waals surface area contributed by atoms with Gasteiger partial charge in [-0.25, -0.2) is 9.59 Å². The molecule has 0 saturated carbocycles. The summed E-state index contributed by atoms with van der Waals surface area (Å²) in [7, 11) is 0. The number of rotatable bonds is 6. The van der Waals surface area contributed by atoms with Gasteiger partial charge in [0.15, 0.2) is 0 Å². The molecule has 0 aliphatic carbocycles. The molecule has 1 atom stereocenters. The van der Waals surface area contributed by atoms with Crippen molar-refractivity contribution in [3.05, 3.63) is 71.8 Å². The molecule has 1 amide bonds. The van der Waals surface area contributed by atoms with Crippen LogP contribution < -0.4 is 5.73 Å². The minimum atomic E-state index is -1.20. The van der Waals surface area contributed by atoms with Crippen molar-refractivity contribution >= 4 is 12.1 Å². The van der Waals surface area contributed by atoms with Gasteiger partial charge in [-0.3, -0.25) is 4.89 Å². The second-order valence-corrected chi connectivity index (χ2v) is 4.38. The van der Waals surface area contributed by atoms with E-state index in [0.717, 1.165) is 5.56 Å². The molecule has 0 aliphatic heterocycles.